The van der Waals surface area contributed by atoms with Gasteiger partial charge in [-0.25, -0.2) is 9.78 Å². The normalized spacial score (nSPS) is 16.5. The van der Waals surface area contributed by atoms with Crippen molar-refractivity contribution in [3.63, 3.8) is 0 Å². The van der Waals surface area contributed by atoms with E-state index in [1.165, 1.54) is 17.8 Å². The number of anilines is 1. The lowest BCUT2D eigenvalue weighted by Crippen LogP contribution is -2.37. The molecule has 6 heteroatoms. The third kappa shape index (κ3) is 5.53. The van der Waals surface area contributed by atoms with Crippen molar-refractivity contribution in [3.05, 3.63) is 29.7 Å². The SMILES string of the molecule is CCC.Cc1nc(NC(=O)N2CCC[C@H]2C)sc1-c1ccnc(C(C)(C)C)c1. The molecule has 2 aromatic rings. The zero-order chi connectivity index (χ0) is 20.9. The van der Waals surface area contributed by atoms with Gasteiger partial charge in [-0.15, -0.1) is 0 Å². The van der Waals surface area contributed by atoms with Crippen LogP contribution in [0.3, 0.4) is 0 Å². The van der Waals surface area contributed by atoms with Gasteiger partial charge in [0.1, 0.15) is 0 Å². The van der Waals surface area contributed by atoms with Gasteiger partial charge >= 0.3 is 6.03 Å². The Hall–Kier alpha value is -1.95. The van der Waals surface area contributed by atoms with E-state index in [0.29, 0.717) is 11.2 Å². The van der Waals surface area contributed by atoms with Crippen LogP contribution in [0.2, 0.25) is 0 Å². The highest BCUT2D eigenvalue weighted by molar-refractivity contribution is 7.19. The van der Waals surface area contributed by atoms with Crippen LogP contribution in [0.25, 0.3) is 10.4 Å². The highest BCUT2D eigenvalue weighted by atomic mass is 32.1. The van der Waals surface area contributed by atoms with Crippen LogP contribution in [0.1, 0.15) is 72.2 Å². The number of nitrogens with one attached hydrogen (secondary N) is 1. The molecule has 3 heterocycles. The molecule has 0 saturated carbocycles. The second-order valence-corrected chi connectivity index (χ2v) is 9.43. The average Bonchev–Trinajstić information content (AvgIpc) is 3.20. The first-order valence-corrected chi connectivity index (χ1v) is 11.0. The van der Waals surface area contributed by atoms with E-state index in [1.807, 2.05) is 24.1 Å². The fourth-order valence-electron chi connectivity index (χ4n) is 3.10. The molecular weight excluding hydrogens is 368 g/mol. The molecule has 1 atom stereocenters. The molecule has 28 heavy (non-hydrogen) atoms. The van der Waals surface area contributed by atoms with E-state index in [9.17, 15) is 4.79 Å². The van der Waals surface area contributed by atoms with E-state index >= 15 is 0 Å². The maximum absolute atomic E-state index is 12.4. The Morgan fingerprint density at radius 1 is 1.36 bits per heavy atom. The number of urea groups is 1. The van der Waals surface area contributed by atoms with Crippen molar-refractivity contribution in [2.75, 3.05) is 11.9 Å². The molecule has 1 N–H and O–H groups in total. The Morgan fingerprint density at radius 2 is 2.04 bits per heavy atom. The molecule has 1 aliphatic heterocycles. The summed E-state index contributed by atoms with van der Waals surface area (Å²) < 4.78 is 0. The molecule has 5 nitrogen and oxygen atoms in total. The van der Waals surface area contributed by atoms with E-state index in [2.05, 4.69) is 62.9 Å². The molecule has 0 aromatic carbocycles. The molecule has 1 aliphatic rings. The van der Waals surface area contributed by atoms with Crippen LogP contribution in [0.4, 0.5) is 9.93 Å². The van der Waals surface area contributed by atoms with E-state index in [4.69, 9.17) is 0 Å². The molecule has 1 saturated heterocycles. The Morgan fingerprint density at radius 3 is 2.61 bits per heavy atom. The number of thiazole rings is 1. The van der Waals surface area contributed by atoms with Crippen LogP contribution in [-0.2, 0) is 5.41 Å². The summed E-state index contributed by atoms with van der Waals surface area (Å²) in [5.41, 5.74) is 3.08. The summed E-state index contributed by atoms with van der Waals surface area (Å²) in [7, 11) is 0. The van der Waals surface area contributed by atoms with Gasteiger partial charge in [-0.1, -0.05) is 52.4 Å². The van der Waals surface area contributed by atoms with Crippen LogP contribution in [-0.4, -0.2) is 33.5 Å². The number of aromatic nitrogens is 2. The van der Waals surface area contributed by atoms with Crippen molar-refractivity contribution in [2.45, 2.75) is 79.2 Å². The third-order valence-corrected chi connectivity index (χ3v) is 5.74. The highest BCUT2D eigenvalue weighted by Gasteiger charge is 2.26. The number of pyridine rings is 1. The monoisotopic (exact) mass is 402 g/mol. The van der Waals surface area contributed by atoms with Crippen molar-refractivity contribution in [1.29, 1.82) is 0 Å². The number of hydrogen-bond acceptors (Lipinski definition) is 4. The Bertz CT molecular complexity index is 794. The van der Waals surface area contributed by atoms with Gasteiger partial charge in [-0.05, 0) is 44.4 Å². The Kier molecular flexibility index (Phi) is 7.58. The van der Waals surface area contributed by atoms with Gasteiger partial charge in [0.25, 0.3) is 0 Å². The minimum atomic E-state index is -0.0459. The summed E-state index contributed by atoms with van der Waals surface area (Å²) in [6.45, 7) is 15.6. The van der Waals surface area contributed by atoms with E-state index < -0.39 is 0 Å². The van der Waals surface area contributed by atoms with Gasteiger partial charge in [-0.2, -0.15) is 0 Å². The number of likely N-dealkylation sites (tertiary alicyclic amines) is 1. The minimum Gasteiger partial charge on any atom is -0.322 e. The van der Waals surface area contributed by atoms with Crippen LogP contribution < -0.4 is 5.32 Å². The number of rotatable bonds is 2. The number of amides is 2. The minimum absolute atomic E-state index is 0.00244. The van der Waals surface area contributed by atoms with Crippen molar-refractivity contribution in [2.24, 2.45) is 0 Å². The van der Waals surface area contributed by atoms with Gasteiger partial charge in [0.05, 0.1) is 10.6 Å². The zero-order valence-electron chi connectivity index (χ0n) is 18.3. The van der Waals surface area contributed by atoms with Crippen molar-refractivity contribution in [1.82, 2.24) is 14.9 Å². The highest BCUT2D eigenvalue weighted by Crippen LogP contribution is 2.34. The molecule has 154 valence electrons. The predicted octanol–water partition coefficient (Wildman–Crippen LogP) is 6.24. The lowest BCUT2D eigenvalue weighted by molar-refractivity contribution is 0.210. The quantitative estimate of drug-likeness (QED) is 0.646. The van der Waals surface area contributed by atoms with E-state index in [0.717, 1.165) is 41.2 Å². The number of hydrogen-bond donors (Lipinski definition) is 1. The molecule has 0 bridgehead atoms. The molecular formula is C22H34N4OS. The smallest absolute Gasteiger partial charge is 0.322 e. The van der Waals surface area contributed by atoms with E-state index in [-0.39, 0.29) is 11.4 Å². The predicted molar refractivity (Wildman–Crippen MR) is 119 cm³/mol. The summed E-state index contributed by atoms with van der Waals surface area (Å²) >= 11 is 1.52. The van der Waals surface area contributed by atoms with Gasteiger partial charge in [0.2, 0.25) is 0 Å². The van der Waals surface area contributed by atoms with Gasteiger partial charge in [0.15, 0.2) is 5.13 Å². The van der Waals surface area contributed by atoms with Crippen molar-refractivity contribution < 1.29 is 4.79 Å². The molecule has 3 rings (SSSR count). The topological polar surface area (TPSA) is 58.1 Å². The zero-order valence-corrected chi connectivity index (χ0v) is 19.1. The maximum Gasteiger partial charge on any atom is 0.323 e. The standard InChI is InChI=1S/C19H26N4OS.C3H8/c1-12-7-6-10-23(12)18(24)22-17-21-13(2)16(25-17)14-8-9-20-15(11-14)19(3,4)5;1-3-2/h8-9,11-12H,6-7,10H2,1-5H3,(H,21,22,24);3H2,1-2H3/t12-;/m1./s1. The van der Waals surface area contributed by atoms with Gasteiger partial charge in [-0.3, -0.25) is 10.3 Å². The lowest BCUT2D eigenvalue weighted by Gasteiger charge is -2.20. The number of nitrogens with zero attached hydrogens (tertiary/aromatic N) is 3. The largest absolute Gasteiger partial charge is 0.323 e. The van der Waals surface area contributed by atoms with Crippen molar-refractivity contribution in [3.8, 4) is 10.4 Å². The fraction of sp³-hybridized carbons (Fsp3) is 0.591. The molecule has 0 radical (unpaired) electrons. The van der Waals surface area contributed by atoms with Crippen LogP contribution in [0.5, 0.6) is 0 Å². The van der Waals surface area contributed by atoms with Crippen molar-refractivity contribution >= 4 is 22.5 Å². The summed E-state index contributed by atoms with van der Waals surface area (Å²) in [4.78, 5) is 24.5. The number of aryl methyl sites for hydroxylation is 1. The fourth-order valence-corrected chi connectivity index (χ4v) is 4.05. The van der Waals surface area contributed by atoms with Gasteiger partial charge < -0.3 is 4.90 Å². The molecule has 2 amide bonds. The third-order valence-electron chi connectivity index (χ3n) is 4.61. The summed E-state index contributed by atoms with van der Waals surface area (Å²) in [5, 5.41) is 3.63. The van der Waals surface area contributed by atoms with E-state index in [1.54, 1.807) is 0 Å². The Balaban J connectivity index is 0.000000878. The molecule has 0 unspecified atom stereocenters. The molecule has 0 aliphatic carbocycles. The first kappa shape index (κ1) is 22.3. The number of carbonyl (C=O) groups excluding carboxylic acids is 1. The average molecular weight is 403 g/mol. The van der Waals surface area contributed by atoms with Crippen LogP contribution >= 0.6 is 11.3 Å². The van der Waals surface area contributed by atoms with Crippen LogP contribution in [0, 0.1) is 6.92 Å². The molecule has 1 fully saturated rings. The second kappa shape index (κ2) is 9.50. The molecule has 0 spiro atoms. The summed E-state index contributed by atoms with van der Waals surface area (Å²) in [6, 6.07) is 4.38. The first-order chi connectivity index (χ1) is 13.2. The summed E-state index contributed by atoms with van der Waals surface area (Å²) in [6.07, 6.45) is 5.24. The van der Waals surface area contributed by atoms with Crippen LogP contribution in [0.15, 0.2) is 18.3 Å². The Labute approximate surface area is 173 Å². The number of carbonyl (C=O) groups is 1. The lowest BCUT2D eigenvalue weighted by atomic mass is 9.90. The van der Waals surface area contributed by atoms with Gasteiger partial charge in [0, 0.05) is 29.9 Å². The summed E-state index contributed by atoms with van der Waals surface area (Å²) in [5.74, 6) is 0. The molecule has 2 aromatic heterocycles. The first-order valence-electron chi connectivity index (χ1n) is 10.2. The maximum atomic E-state index is 12.4. The second-order valence-electron chi connectivity index (χ2n) is 8.44.